The van der Waals surface area contributed by atoms with Crippen molar-refractivity contribution in [3.05, 3.63) is 57.8 Å². The summed E-state index contributed by atoms with van der Waals surface area (Å²) < 4.78 is 18.7. The van der Waals surface area contributed by atoms with E-state index in [1.54, 1.807) is 19.9 Å². The van der Waals surface area contributed by atoms with Crippen LogP contribution in [0.15, 0.2) is 33.8 Å². The van der Waals surface area contributed by atoms with Crippen molar-refractivity contribution in [3.63, 3.8) is 0 Å². The molecule has 0 aliphatic rings. The first kappa shape index (κ1) is 14.3. The second-order valence-corrected chi connectivity index (χ2v) is 4.57. The minimum absolute atomic E-state index is 0.120. The first-order valence-electron chi connectivity index (χ1n) is 5.83. The van der Waals surface area contributed by atoms with Gasteiger partial charge in [-0.3, -0.25) is 4.79 Å². The molecular formula is C14H12ClFN2O2. The molecule has 0 aliphatic heterocycles. The summed E-state index contributed by atoms with van der Waals surface area (Å²) in [5, 5.41) is 3.92. The average molecular weight is 295 g/mol. The molecule has 0 atom stereocenters. The largest absolute Gasteiger partial charge is 0.466 e. The smallest absolute Gasteiger partial charge is 0.274 e. The number of rotatable bonds is 3. The number of carbonyl (C=O) groups excluding carboxylic acids is 1. The monoisotopic (exact) mass is 294 g/mol. The highest BCUT2D eigenvalue weighted by Gasteiger charge is 2.12. The first-order chi connectivity index (χ1) is 9.49. The Labute approximate surface area is 120 Å². The zero-order valence-electron chi connectivity index (χ0n) is 10.9. The van der Waals surface area contributed by atoms with E-state index in [2.05, 4.69) is 10.5 Å². The van der Waals surface area contributed by atoms with Crippen LogP contribution in [0.3, 0.4) is 0 Å². The second kappa shape index (κ2) is 5.88. The summed E-state index contributed by atoms with van der Waals surface area (Å²) in [5.74, 6) is 0.196. The molecule has 0 fully saturated rings. The minimum atomic E-state index is -0.508. The summed E-state index contributed by atoms with van der Waals surface area (Å²) in [6.45, 7) is 3.42. The van der Waals surface area contributed by atoms with Crippen molar-refractivity contribution in [3.8, 4) is 0 Å². The van der Waals surface area contributed by atoms with Crippen LogP contribution in [0, 0.1) is 19.7 Å². The number of nitrogens with one attached hydrogen (secondary N) is 1. The van der Waals surface area contributed by atoms with Gasteiger partial charge < -0.3 is 4.42 Å². The molecule has 0 spiro atoms. The number of aryl methyl sites for hydroxylation is 2. The number of hydrogen-bond acceptors (Lipinski definition) is 3. The molecule has 0 aliphatic carbocycles. The first-order valence-corrected chi connectivity index (χ1v) is 6.21. The Balaban J connectivity index is 2.11. The zero-order valence-corrected chi connectivity index (χ0v) is 11.7. The third-order valence-corrected chi connectivity index (χ3v) is 2.97. The molecule has 2 aromatic rings. The van der Waals surface area contributed by atoms with Gasteiger partial charge in [0.1, 0.15) is 17.3 Å². The Hall–Kier alpha value is -2.14. The van der Waals surface area contributed by atoms with Crippen LogP contribution in [0.2, 0.25) is 5.02 Å². The summed E-state index contributed by atoms with van der Waals surface area (Å²) in [5.41, 5.74) is 2.81. The van der Waals surface area contributed by atoms with Crippen molar-refractivity contribution in [1.82, 2.24) is 5.43 Å². The van der Waals surface area contributed by atoms with Gasteiger partial charge in [0.15, 0.2) is 0 Å². The van der Waals surface area contributed by atoms with Crippen molar-refractivity contribution in [2.75, 3.05) is 0 Å². The van der Waals surface area contributed by atoms with E-state index in [1.165, 1.54) is 18.2 Å². The molecule has 104 valence electrons. The van der Waals surface area contributed by atoms with Crippen LogP contribution in [0.4, 0.5) is 4.39 Å². The SMILES string of the molecule is Cc1cc(C(=O)N/N=C\c2c(F)cccc2Cl)c(C)o1. The van der Waals surface area contributed by atoms with Crippen LogP contribution in [0.25, 0.3) is 0 Å². The van der Waals surface area contributed by atoms with Crippen molar-refractivity contribution in [2.45, 2.75) is 13.8 Å². The molecule has 1 N–H and O–H groups in total. The van der Waals surface area contributed by atoms with Crippen LogP contribution >= 0.6 is 11.6 Å². The van der Waals surface area contributed by atoms with E-state index >= 15 is 0 Å². The van der Waals surface area contributed by atoms with Crippen LogP contribution < -0.4 is 5.43 Å². The minimum Gasteiger partial charge on any atom is -0.466 e. The summed E-state index contributed by atoms with van der Waals surface area (Å²) >= 11 is 5.83. The lowest BCUT2D eigenvalue weighted by Gasteiger charge is -2.00. The van der Waals surface area contributed by atoms with Crippen molar-refractivity contribution in [2.24, 2.45) is 5.10 Å². The van der Waals surface area contributed by atoms with E-state index in [9.17, 15) is 9.18 Å². The van der Waals surface area contributed by atoms with Crippen LogP contribution in [-0.4, -0.2) is 12.1 Å². The number of hydrogen-bond donors (Lipinski definition) is 1. The summed E-state index contributed by atoms with van der Waals surface area (Å²) in [7, 11) is 0. The molecular weight excluding hydrogens is 283 g/mol. The van der Waals surface area contributed by atoms with E-state index in [0.717, 1.165) is 6.21 Å². The van der Waals surface area contributed by atoms with Gasteiger partial charge in [0.2, 0.25) is 0 Å². The lowest BCUT2D eigenvalue weighted by molar-refractivity contribution is 0.0953. The third kappa shape index (κ3) is 3.05. The molecule has 0 unspecified atom stereocenters. The number of halogens is 2. The van der Waals surface area contributed by atoms with Gasteiger partial charge in [-0.2, -0.15) is 5.10 Å². The summed E-state index contributed by atoms with van der Waals surface area (Å²) in [6, 6.07) is 5.90. The molecule has 1 heterocycles. The molecule has 1 aromatic heterocycles. The Morgan fingerprint density at radius 1 is 1.45 bits per heavy atom. The van der Waals surface area contributed by atoms with Gasteiger partial charge in [-0.15, -0.1) is 0 Å². The highest BCUT2D eigenvalue weighted by atomic mass is 35.5. The maximum absolute atomic E-state index is 13.5. The summed E-state index contributed by atoms with van der Waals surface area (Å²) in [4.78, 5) is 11.8. The molecule has 0 bridgehead atoms. The maximum atomic E-state index is 13.5. The van der Waals surface area contributed by atoms with Crippen LogP contribution in [0.1, 0.15) is 27.4 Å². The molecule has 2 rings (SSSR count). The predicted molar refractivity (Wildman–Crippen MR) is 74.7 cm³/mol. The topological polar surface area (TPSA) is 54.6 Å². The second-order valence-electron chi connectivity index (χ2n) is 4.16. The predicted octanol–water partition coefficient (Wildman–Crippen LogP) is 3.45. The molecule has 0 saturated carbocycles. The van der Waals surface area contributed by atoms with Gasteiger partial charge in [0.25, 0.3) is 5.91 Å². The van der Waals surface area contributed by atoms with Crippen molar-refractivity contribution in [1.29, 1.82) is 0 Å². The number of amides is 1. The van der Waals surface area contributed by atoms with Crippen LogP contribution in [0.5, 0.6) is 0 Å². The number of benzene rings is 1. The quantitative estimate of drug-likeness (QED) is 0.696. The van der Waals surface area contributed by atoms with E-state index in [-0.39, 0.29) is 10.6 Å². The molecule has 4 nitrogen and oxygen atoms in total. The van der Waals surface area contributed by atoms with E-state index in [0.29, 0.717) is 17.1 Å². The molecule has 0 saturated heterocycles. The Bertz CT molecular complexity index is 660. The lowest BCUT2D eigenvalue weighted by atomic mass is 10.2. The highest BCUT2D eigenvalue weighted by molar-refractivity contribution is 6.33. The number of nitrogens with zero attached hydrogens (tertiary/aromatic N) is 1. The van der Waals surface area contributed by atoms with Crippen molar-refractivity contribution < 1.29 is 13.6 Å². The number of carbonyl (C=O) groups is 1. The maximum Gasteiger partial charge on any atom is 0.274 e. The van der Waals surface area contributed by atoms with Gasteiger partial charge in [-0.25, -0.2) is 9.82 Å². The fourth-order valence-corrected chi connectivity index (χ4v) is 1.92. The van der Waals surface area contributed by atoms with Crippen LogP contribution in [-0.2, 0) is 0 Å². The molecule has 6 heteroatoms. The standard InChI is InChI=1S/C14H12ClFN2O2/c1-8-6-10(9(2)20-8)14(19)18-17-7-11-12(15)4-3-5-13(11)16/h3-7H,1-2H3,(H,18,19)/b17-7-. The Morgan fingerprint density at radius 3 is 2.80 bits per heavy atom. The normalized spacial score (nSPS) is 11.0. The van der Waals surface area contributed by atoms with Gasteiger partial charge in [-0.1, -0.05) is 17.7 Å². The molecule has 0 radical (unpaired) electrons. The average Bonchev–Trinajstić information content (AvgIpc) is 2.72. The van der Waals surface area contributed by atoms with Gasteiger partial charge in [-0.05, 0) is 32.0 Å². The van der Waals surface area contributed by atoms with Crippen molar-refractivity contribution >= 4 is 23.7 Å². The van der Waals surface area contributed by atoms with E-state index in [4.69, 9.17) is 16.0 Å². The van der Waals surface area contributed by atoms with E-state index < -0.39 is 11.7 Å². The van der Waals surface area contributed by atoms with Gasteiger partial charge in [0.05, 0.1) is 16.8 Å². The third-order valence-electron chi connectivity index (χ3n) is 2.65. The fourth-order valence-electron chi connectivity index (χ4n) is 1.71. The Morgan fingerprint density at radius 2 is 2.20 bits per heavy atom. The Kier molecular flexibility index (Phi) is 4.20. The zero-order chi connectivity index (χ0) is 14.7. The van der Waals surface area contributed by atoms with Gasteiger partial charge >= 0.3 is 0 Å². The highest BCUT2D eigenvalue weighted by Crippen LogP contribution is 2.16. The summed E-state index contributed by atoms with van der Waals surface area (Å²) in [6.07, 6.45) is 1.16. The number of hydrazone groups is 1. The fraction of sp³-hybridized carbons (Fsp3) is 0.143. The molecule has 1 amide bonds. The molecule has 1 aromatic carbocycles. The number of furan rings is 1. The van der Waals surface area contributed by atoms with Gasteiger partial charge in [0, 0.05) is 5.56 Å². The van der Waals surface area contributed by atoms with E-state index in [1.807, 2.05) is 0 Å². The molecule has 20 heavy (non-hydrogen) atoms. The lowest BCUT2D eigenvalue weighted by Crippen LogP contribution is -2.17.